The number of halogens is 1. The van der Waals surface area contributed by atoms with Crippen molar-refractivity contribution < 1.29 is 0 Å². The van der Waals surface area contributed by atoms with Gasteiger partial charge in [-0.05, 0) is 30.3 Å². The zero-order valence-corrected chi connectivity index (χ0v) is 11.3. The van der Waals surface area contributed by atoms with Crippen LogP contribution < -0.4 is 5.43 Å². The molecule has 4 aromatic rings. The molecule has 2 nitrogen and oxygen atoms in total. The van der Waals surface area contributed by atoms with Gasteiger partial charge in [-0.1, -0.05) is 41.3 Å². The van der Waals surface area contributed by atoms with Crippen LogP contribution in [-0.2, 0) is 0 Å². The molecule has 2 aromatic carbocycles. The summed E-state index contributed by atoms with van der Waals surface area (Å²) in [6, 6.07) is 15.4. The Kier molecular flexibility index (Phi) is 2.22. The maximum Gasteiger partial charge on any atom is 0.212 e. The van der Waals surface area contributed by atoms with Crippen LogP contribution in [0.15, 0.2) is 53.3 Å². The normalized spacial score (nSPS) is 11.6. The molecule has 0 bridgehead atoms. The van der Waals surface area contributed by atoms with E-state index < -0.39 is 0 Å². The van der Waals surface area contributed by atoms with Crippen LogP contribution in [0.2, 0.25) is 5.02 Å². The zero-order chi connectivity index (χ0) is 13.0. The molecular formula is C15H8ClNOS. The monoisotopic (exact) mass is 285 g/mol. The van der Waals surface area contributed by atoms with Gasteiger partial charge in [0.15, 0.2) is 0 Å². The minimum atomic E-state index is 0.0571. The Labute approximate surface area is 117 Å². The Balaban J connectivity index is 2.33. The Morgan fingerprint density at radius 2 is 1.84 bits per heavy atom. The molecule has 0 N–H and O–H groups in total. The van der Waals surface area contributed by atoms with Crippen molar-refractivity contribution in [2.45, 2.75) is 0 Å². The van der Waals surface area contributed by atoms with Crippen LogP contribution in [0.5, 0.6) is 0 Å². The van der Waals surface area contributed by atoms with E-state index in [0.29, 0.717) is 5.02 Å². The van der Waals surface area contributed by atoms with E-state index in [-0.39, 0.29) is 5.43 Å². The van der Waals surface area contributed by atoms with Crippen LogP contribution in [-0.4, -0.2) is 3.79 Å². The number of rotatable bonds is 0. The predicted octanol–water partition coefficient (Wildman–Crippen LogP) is 4.32. The molecular weight excluding hydrogens is 278 g/mol. The first-order chi connectivity index (χ1) is 9.24. The highest BCUT2D eigenvalue weighted by Crippen LogP contribution is 2.26. The minimum absolute atomic E-state index is 0.0571. The molecule has 0 saturated heterocycles. The van der Waals surface area contributed by atoms with E-state index >= 15 is 0 Å². The molecule has 2 aromatic heterocycles. The summed E-state index contributed by atoms with van der Waals surface area (Å²) in [4.78, 5) is 12.5. The topological polar surface area (TPSA) is 21.5 Å². The molecule has 0 fully saturated rings. The van der Waals surface area contributed by atoms with E-state index in [1.54, 1.807) is 23.7 Å². The third-order valence-electron chi connectivity index (χ3n) is 3.28. The zero-order valence-electron chi connectivity index (χ0n) is 9.76. The minimum Gasteiger partial charge on any atom is -0.287 e. The Morgan fingerprint density at radius 1 is 1.00 bits per heavy atom. The van der Waals surface area contributed by atoms with E-state index in [1.807, 2.05) is 40.2 Å². The SMILES string of the molecule is O=c1c2ccc(Cl)cc2sn2c1cc1ccccc12. The van der Waals surface area contributed by atoms with Crippen molar-refractivity contribution in [2.75, 3.05) is 0 Å². The molecule has 0 saturated carbocycles. The van der Waals surface area contributed by atoms with Crippen molar-refractivity contribution in [1.29, 1.82) is 0 Å². The summed E-state index contributed by atoms with van der Waals surface area (Å²) in [6.07, 6.45) is 0. The lowest BCUT2D eigenvalue weighted by Gasteiger charge is -2.00. The van der Waals surface area contributed by atoms with Crippen molar-refractivity contribution in [2.24, 2.45) is 0 Å². The van der Waals surface area contributed by atoms with Gasteiger partial charge in [-0.25, -0.2) is 0 Å². The van der Waals surface area contributed by atoms with Crippen molar-refractivity contribution >= 4 is 49.6 Å². The quantitative estimate of drug-likeness (QED) is 0.471. The predicted molar refractivity (Wildman–Crippen MR) is 81.6 cm³/mol. The highest BCUT2D eigenvalue weighted by molar-refractivity contribution is 7.14. The number of aromatic nitrogens is 1. The van der Waals surface area contributed by atoms with Crippen LogP contribution in [0.4, 0.5) is 0 Å². The van der Waals surface area contributed by atoms with Gasteiger partial charge >= 0.3 is 0 Å². The van der Waals surface area contributed by atoms with Crippen LogP contribution in [0.3, 0.4) is 0 Å². The number of para-hydroxylation sites is 1. The van der Waals surface area contributed by atoms with Crippen molar-refractivity contribution in [1.82, 2.24) is 3.79 Å². The fourth-order valence-corrected chi connectivity index (χ4v) is 3.75. The summed E-state index contributed by atoms with van der Waals surface area (Å²) in [5, 5.41) is 2.46. The number of fused-ring (bicyclic) bond motifs is 4. The lowest BCUT2D eigenvalue weighted by Crippen LogP contribution is -2.03. The number of hydrogen-bond acceptors (Lipinski definition) is 2. The number of hydrogen-bond donors (Lipinski definition) is 0. The molecule has 92 valence electrons. The molecule has 19 heavy (non-hydrogen) atoms. The van der Waals surface area contributed by atoms with Gasteiger partial charge in [-0.2, -0.15) is 0 Å². The fraction of sp³-hybridized carbons (Fsp3) is 0. The molecule has 0 aliphatic rings. The summed E-state index contributed by atoms with van der Waals surface area (Å²) in [5.41, 5.74) is 1.84. The number of nitrogens with zero attached hydrogens (tertiary/aromatic N) is 1. The molecule has 0 aliphatic carbocycles. The maximum atomic E-state index is 12.5. The van der Waals surface area contributed by atoms with Gasteiger partial charge in [0.2, 0.25) is 5.43 Å². The molecule has 2 heterocycles. The first-order valence-corrected chi connectivity index (χ1v) is 7.02. The number of benzene rings is 2. The lowest BCUT2D eigenvalue weighted by atomic mass is 10.2. The van der Waals surface area contributed by atoms with Crippen LogP contribution in [0, 0.1) is 0 Å². The molecule has 0 radical (unpaired) electrons. The Morgan fingerprint density at radius 3 is 2.74 bits per heavy atom. The Hall–Kier alpha value is -1.84. The van der Waals surface area contributed by atoms with Gasteiger partial charge in [0.1, 0.15) is 5.52 Å². The van der Waals surface area contributed by atoms with Gasteiger partial charge in [0.05, 0.1) is 10.2 Å². The largest absolute Gasteiger partial charge is 0.287 e. The van der Waals surface area contributed by atoms with Gasteiger partial charge in [-0.3, -0.25) is 8.58 Å². The first kappa shape index (κ1) is 11.0. The summed E-state index contributed by atoms with van der Waals surface area (Å²) in [5.74, 6) is 0. The third-order valence-corrected chi connectivity index (χ3v) is 4.62. The van der Waals surface area contributed by atoms with E-state index in [1.165, 1.54) is 0 Å². The third kappa shape index (κ3) is 1.52. The molecule has 0 aliphatic heterocycles. The average molecular weight is 286 g/mol. The lowest BCUT2D eigenvalue weighted by molar-refractivity contribution is 1.43. The molecule has 0 unspecified atom stereocenters. The molecule has 0 spiro atoms. The second-order valence-corrected chi connectivity index (χ2v) is 5.87. The second-order valence-electron chi connectivity index (χ2n) is 4.44. The van der Waals surface area contributed by atoms with E-state index in [4.69, 9.17) is 11.6 Å². The van der Waals surface area contributed by atoms with E-state index in [0.717, 1.165) is 26.5 Å². The molecule has 4 rings (SSSR count). The molecule has 0 amide bonds. The smallest absolute Gasteiger partial charge is 0.212 e. The average Bonchev–Trinajstić information content (AvgIpc) is 2.78. The maximum absolute atomic E-state index is 12.5. The van der Waals surface area contributed by atoms with Crippen molar-refractivity contribution in [3.63, 3.8) is 0 Å². The van der Waals surface area contributed by atoms with Gasteiger partial charge in [-0.15, -0.1) is 0 Å². The highest BCUT2D eigenvalue weighted by atomic mass is 35.5. The summed E-state index contributed by atoms with van der Waals surface area (Å²) >= 11 is 7.56. The van der Waals surface area contributed by atoms with Crippen molar-refractivity contribution in [3.05, 3.63) is 63.8 Å². The van der Waals surface area contributed by atoms with Gasteiger partial charge < -0.3 is 0 Å². The summed E-state index contributed by atoms with van der Waals surface area (Å²) < 4.78 is 2.89. The van der Waals surface area contributed by atoms with Gasteiger partial charge in [0.25, 0.3) is 0 Å². The van der Waals surface area contributed by atoms with Crippen molar-refractivity contribution in [3.8, 4) is 0 Å². The van der Waals surface area contributed by atoms with Crippen LogP contribution in [0.25, 0.3) is 26.5 Å². The fourth-order valence-electron chi connectivity index (χ4n) is 2.38. The van der Waals surface area contributed by atoms with Crippen LogP contribution in [0.1, 0.15) is 0 Å². The van der Waals surface area contributed by atoms with E-state index in [9.17, 15) is 4.79 Å². The highest BCUT2D eigenvalue weighted by Gasteiger charge is 2.09. The molecule has 0 atom stereocenters. The second kappa shape index (κ2) is 3.83. The summed E-state index contributed by atoms with van der Waals surface area (Å²) in [7, 11) is 0. The van der Waals surface area contributed by atoms with E-state index in [2.05, 4.69) is 0 Å². The standard InChI is InChI=1S/C15H8ClNOS/c16-10-5-6-11-14(8-10)19-17-12-4-2-1-3-9(12)7-13(17)15(11)18/h1-8H. The molecule has 4 heteroatoms. The van der Waals surface area contributed by atoms with Crippen LogP contribution >= 0.6 is 23.1 Å². The van der Waals surface area contributed by atoms with Gasteiger partial charge in [0, 0.05) is 15.8 Å². The Bertz CT molecular complexity index is 999. The summed E-state index contributed by atoms with van der Waals surface area (Å²) in [6.45, 7) is 0. The first-order valence-electron chi connectivity index (χ1n) is 5.87.